The van der Waals surface area contributed by atoms with E-state index in [-0.39, 0.29) is 10.8 Å². The second kappa shape index (κ2) is 8.44. The summed E-state index contributed by atoms with van der Waals surface area (Å²) in [4.78, 5) is 0. The number of rotatable bonds is 9. The minimum Gasteiger partial charge on any atom is -0.380 e. The highest BCUT2D eigenvalue weighted by Gasteiger charge is 2.32. The Bertz CT molecular complexity index is 679. The molecular weight excluding hydrogens is 354 g/mol. The van der Waals surface area contributed by atoms with Crippen molar-refractivity contribution in [1.82, 2.24) is 4.72 Å². The van der Waals surface area contributed by atoms with E-state index in [9.17, 15) is 13.5 Å². The Morgan fingerprint density at radius 2 is 2.13 bits per heavy atom. The summed E-state index contributed by atoms with van der Waals surface area (Å²) in [7, 11) is -3.71. The molecule has 4 nitrogen and oxygen atoms in total. The van der Waals surface area contributed by atoms with Crippen LogP contribution in [0.2, 0.25) is 4.34 Å². The van der Waals surface area contributed by atoms with E-state index in [0.29, 0.717) is 15.5 Å². The van der Waals surface area contributed by atoms with Gasteiger partial charge in [0.1, 0.15) is 9.81 Å². The molecule has 0 radical (unpaired) electrons. The summed E-state index contributed by atoms with van der Waals surface area (Å²) in [6.45, 7) is 9.22. The summed E-state index contributed by atoms with van der Waals surface area (Å²) in [6, 6.07) is 2.97. The van der Waals surface area contributed by atoms with Crippen LogP contribution < -0.4 is 4.72 Å². The molecule has 130 valence electrons. The van der Waals surface area contributed by atoms with Crippen molar-refractivity contribution in [2.45, 2.75) is 49.8 Å². The van der Waals surface area contributed by atoms with Gasteiger partial charge in [-0.2, -0.15) is 0 Å². The SMILES string of the molecule is C=C(C)[C@@](O)(CNS(=O)(=O)c1ccc(Cl)s1)C(C)=CCCCC. The van der Waals surface area contributed by atoms with Gasteiger partial charge in [-0.05, 0) is 43.5 Å². The quantitative estimate of drug-likeness (QED) is 0.502. The lowest BCUT2D eigenvalue weighted by Crippen LogP contribution is -2.44. The molecule has 1 atom stereocenters. The number of hydrogen-bond donors (Lipinski definition) is 2. The first kappa shape index (κ1) is 20.4. The second-order valence-corrected chi connectivity index (χ2v) is 9.26. The van der Waals surface area contributed by atoms with Crippen molar-refractivity contribution in [1.29, 1.82) is 0 Å². The van der Waals surface area contributed by atoms with Gasteiger partial charge < -0.3 is 5.11 Å². The summed E-state index contributed by atoms with van der Waals surface area (Å²) < 4.78 is 27.5. The Labute approximate surface area is 147 Å². The van der Waals surface area contributed by atoms with Gasteiger partial charge in [-0.25, -0.2) is 13.1 Å². The van der Waals surface area contributed by atoms with Gasteiger partial charge in [-0.1, -0.05) is 44.0 Å². The lowest BCUT2D eigenvalue weighted by molar-refractivity contribution is 0.121. The highest BCUT2D eigenvalue weighted by atomic mass is 35.5. The molecule has 0 aliphatic rings. The van der Waals surface area contributed by atoms with Crippen molar-refractivity contribution in [2.24, 2.45) is 0 Å². The molecule has 0 saturated carbocycles. The third kappa shape index (κ3) is 5.43. The molecule has 23 heavy (non-hydrogen) atoms. The Morgan fingerprint density at radius 3 is 2.61 bits per heavy atom. The zero-order chi connectivity index (χ0) is 17.7. The van der Waals surface area contributed by atoms with E-state index >= 15 is 0 Å². The van der Waals surface area contributed by atoms with E-state index in [2.05, 4.69) is 18.2 Å². The lowest BCUT2D eigenvalue weighted by Gasteiger charge is -2.30. The smallest absolute Gasteiger partial charge is 0.250 e. The highest BCUT2D eigenvalue weighted by Crippen LogP contribution is 2.28. The van der Waals surface area contributed by atoms with Crippen LogP contribution in [0.5, 0.6) is 0 Å². The van der Waals surface area contributed by atoms with Crippen molar-refractivity contribution in [3.05, 3.63) is 40.3 Å². The Morgan fingerprint density at radius 1 is 1.48 bits per heavy atom. The number of unbranched alkanes of at least 4 members (excludes halogenated alkanes) is 2. The molecule has 0 unspecified atom stereocenters. The number of allylic oxidation sites excluding steroid dienone is 1. The van der Waals surface area contributed by atoms with Gasteiger partial charge in [0.25, 0.3) is 0 Å². The first-order valence-corrected chi connectivity index (χ1v) is 10.1. The molecule has 0 spiro atoms. The number of halogens is 1. The molecule has 0 fully saturated rings. The summed E-state index contributed by atoms with van der Waals surface area (Å²) in [5.41, 5.74) is -0.206. The van der Waals surface area contributed by atoms with Crippen LogP contribution in [-0.2, 0) is 10.0 Å². The normalized spacial score (nSPS) is 15.4. The first-order chi connectivity index (χ1) is 10.6. The zero-order valence-corrected chi connectivity index (χ0v) is 16.1. The van der Waals surface area contributed by atoms with Crippen molar-refractivity contribution in [2.75, 3.05) is 6.54 Å². The van der Waals surface area contributed by atoms with E-state index in [1.807, 2.05) is 6.08 Å². The van der Waals surface area contributed by atoms with Crippen molar-refractivity contribution in [3.63, 3.8) is 0 Å². The van der Waals surface area contributed by atoms with E-state index < -0.39 is 15.6 Å². The van der Waals surface area contributed by atoms with Gasteiger partial charge in [0.05, 0.1) is 4.34 Å². The zero-order valence-electron chi connectivity index (χ0n) is 13.7. The Hall–Kier alpha value is -0.660. The maximum atomic E-state index is 12.3. The fraction of sp³-hybridized carbons (Fsp3) is 0.500. The molecule has 0 saturated heterocycles. The molecule has 2 N–H and O–H groups in total. The lowest BCUT2D eigenvalue weighted by atomic mass is 9.87. The predicted molar refractivity (Wildman–Crippen MR) is 97.6 cm³/mol. The third-order valence-corrected chi connectivity index (χ3v) is 6.82. The van der Waals surface area contributed by atoms with Gasteiger partial charge in [0.15, 0.2) is 0 Å². The molecule has 0 aliphatic heterocycles. The maximum Gasteiger partial charge on any atom is 0.250 e. The molecular formula is C16H24ClNO3S2. The number of hydrogen-bond acceptors (Lipinski definition) is 4. The summed E-state index contributed by atoms with van der Waals surface area (Å²) in [6.07, 6.45) is 4.85. The molecule has 0 amide bonds. The van der Waals surface area contributed by atoms with Crippen LogP contribution in [0.4, 0.5) is 0 Å². The molecule has 7 heteroatoms. The predicted octanol–water partition coefficient (Wildman–Crippen LogP) is 4.12. The van der Waals surface area contributed by atoms with Crippen LogP contribution in [-0.4, -0.2) is 25.7 Å². The van der Waals surface area contributed by atoms with E-state index in [1.165, 1.54) is 12.1 Å². The summed E-state index contributed by atoms with van der Waals surface area (Å²) in [5.74, 6) is 0. The summed E-state index contributed by atoms with van der Waals surface area (Å²) in [5, 5.41) is 10.9. The minimum absolute atomic E-state index is 0.124. The Balaban J connectivity index is 2.92. The van der Waals surface area contributed by atoms with E-state index in [1.54, 1.807) is 13.8 Å². The van der Waals surface area contributed by atoms with Crippen LogP contribution in [0.15, 0.2) is 40.1 Å². The molecule has 1 rings (SSSR count). The number of aliphatic hydroxyl groups is 1. The van der Waals surface area contributed by atoms with E-state index in [4.69, 9.17) is 11.6 Å². The molecule has 1 aromatic rings. The minimum atomic E-state index is -3.71. The van der Waals surface area contributed by atoms with Gasteiger partial charge >= 0.3 is 0 Å². The van der Waals surface area contributed by atoms with E-state index in [0.717, 1.165) is 30.6 Å². The van der Waals surface area contributed by atoms with Crippen LogP contribution in [0, 0.1) is 0 Å². The van der Waals surface area contributed by atoms with Gasteiger partial charge in [0, 0.05) is 6.54 Å². The van der Waals surface area contributed by atoms with Crippen molar-refractivity contribution < 1.29 is 13.5 Å². The van der Waals surface area contributed by atoms with Crippen molar-refractivity contribution in [3.8, 4) is 0 Å². The second-order valence-electron chi connectivity index (χ2n) is 5.55. The monoisotopic (exact) mass is 377 g/mol. The van der Waals surface area contributed by atoms with Crippen LogP contribution in [0.1, 0.15) is 40.0 Å². The standard InChI is InChI=1S/C16H24ClNO3S2/c1-5-6-7-8-13(4)16(19,12(2)3)11-18-23(20,21)15-10-9-14(17)22-15/h8-10,18-19H,2,5-7,11H2,1,3-4H3/t16-/m0/s1. The topological polar surface area (TPSA) is 66.4 Å². The average molecular weight is 378 g/mol. The number of thiophene rings is 1. The number of nitrogens with one attached hydrogen (secondary N) is 1. The highest BCUT2D eigenvalue weighted by molar-refractivity contribution is 7.91. The summed E-state index contributed by atoms with van der Waals surface area (Å²) >= 11 is 6.76. The van der Waals surface area contributed by atoms with Crippen LogP contribution in [0.25, 0.3) is 0 Å². The molecule has 1 heterocycles. The third-order valence-electron chi connectivity index (χ3n) is 3.70. The van der Waals surface area contributed by atoms with Crippen LogP contribution in [0.3, 0.4) is 0 Å². The van der Waals surface area contributed by atoms with Crippen LogP contribution >= 0.6 is 22.9 Å². The Kier molecular flexibility index (Phi) is 7.48. The fourth-order valence-corrected chi connectivity index (χ4v) is 4.62. The van der Waals surface area contributed by atoms with Gasteiger partial charge in [-0.15, -0.1) is 11.3 Å². The van der Waals surface area contributed by atoms with Gasteiger partial charge in [0.2, 0.25) is 10.0 Å². The average Bonchev–Trinajstić information content (AvgIpc) is 2.92. The van der Waals surface area contributed by atoms with Gasteiger partial charge in [-0.3, -0.25) is 0 Å². The molecule has 0 aliphatic carbocycles. The fourth-order valence-electron chi connectivity index (χ4n) is 2.03. The number of sulfonamides is 1. The molecule has 1 aromatic heterocycles. The largest absolute Gasteiger partial charge is 0.380 e. The molecule has 0 bridgehead atoms. The first-order valence-electron chi connectivity index (χ1n) is 7.44. The molecule has 0 aromatic carbocycles. The maximum absolute atomic E-state index is 12.3. The van der Waals surface area contributed by atoms with Crippen molar-refractivity contribution >= 4 is 33.0 Å².